The number of carbonyl (C=O) groups excluding carboxylic acids is 1. The van der Waals surface area contributed by atoms with Gasteiger partial charge < -0.3 is 15.4 Å². The smallest absolute Gasteiger partial charge is 0.258 e. The van der Waals surface area contributed by atoms with Crippen molar-refractivity contribution in [1.82, 2.24) is 0 Å². The first-order chi connectivity index (χ1) is 10.1. The highest BCUT2D eigenvalue weighted by molar-refractivity contribution is 6.06. The summed E-state index contributed by atoms with van der Waals surface area (Å²) in [6.07, 6.45) is 0. The molecule has 0 fully saturated rings. The van der Waals surface area contributed by atoms with Gasteiger partial charge in [0.15, 0.2) is 0 Å². The van der Waals surface area contributed by atoms with Crippen molar-refractivity contribution < 1.29 is 13.9 Å². The SMILES string of the molecule is CCN(C(=O)c1ccc(OC)c(N)c1)c1ccccc1F. The number of para-hydroxylation sites is 1. The molecule has 1 amide bonds. The molecule has 2 rings (SSSR count). The number of carbonyl (C=O) groups is 1. The van der Waals surface area contributed by atoms with E-state index >= 15 is 0 Å². The number of benzene rings is 2. The Morgan fingerprint density at radius 2 is 2.00 bits per heavy atom. The number of nitrogen functional groups attached to an aromatic ring is 1. The molecule has 0 atom stereocenters. The Kier molecular flexibility index (Phi) is 4.42. The van der Waals surface area contributed by atoms with Crippen molar-refractivity contribution in [1.29, 1.82) is 0 Å². The lowest BCUT2D eigenvalue weighted by Gasteiger charge is -2.22. The molecule has 2 N–H and O–H groups in total. The van der Waals surface area contributed by atoms with Crippen LogP contribution in [0.25, 0.3) is 0 Å². The van der Waals surface area contributed by atoms with Gasteiger partial charge in [-0.2, -0.15) is 0 Å². The van der Waals surface area contributed by atoms with E-state index in [0.717, 1.165) is 0 Å². The highest BCUT2D eigenvalue weighted by Crippen LogP contribution is 2.25. The fraction of sp³-hybridized carbons (Fsp3) is 0.188. The van der Waals surface area contributed by atoms with Crippen LogP contribution in [0.2, 0.25) is 0 Å². The van der Waals surface area contributed by atoms with Crippen LogP contribution < -0.4 is 15.4 Å². The standard InChI is InChI=1S/C16H17FN2O2/c1-3-19(14-7-5-4-6-12(14)17)16(20)11-8-9-15(21-2)13(18)10-11/h4-10H,3,18H2,1-2H3. The second kappa shape index (κ2) is 6.26. The number of hydrogen-bond donors (Lipinski definition) is 1. The maximum atomic E-state index is 13.9. The molecule has 0 saturated heterocycles. The van der Waals surface area contributed by atoms with Crippen LogP contribution in [0.5, 0.6) is 5.75 Å². The monoisotopic (exact) mass is 288 g/mol. The number of hydrogen-bond acceptors (Lipinski definition) is 3. The third-order valence-corrected chi connectivity index (χ3v) is 3.18. The summed E-state index contributed by atoms with van der Waals surface area (Å²) < 4.78 is 18.9. The number of rotatable bonds is 4. The molecule has 21 heavy (non-hydrogen) atoms. The van der Waals surface area contributed by atoms with Crippen molar-refractivity contribution in [2.45, 2.75) is 6.92 Å². The van der Waals surface area contributed by atoms with E-state index in [1.54, 1.807) is 37.3 Å². The molecule has 5 heteroatoms. The number of methoxy groups -OCH3 is 1. The Hall–Kier alpha value is -2.56. The van der Waals surface area contributed by atoms with Crippen molar-refractivity contribution in [2.24, 2.45) is 0 Å². The predicted octanol–water partition coefficient (Wildman–Crippen LogP) is 3.08. The van der Waals surface area contributed by atoms with Crippen LogP contribution in [0.4, 0.5) is 15.8 Å². The van der Waals surface area contributed by atoms with Gasteiger partial charge in [0.1, 0.15) is 11.6 Å². The zero-order valence-corrected chi connectivity index (χ0v) is 12.0. The van der Waals surface area contributed by atoms with Gasteiger partial charge in [0.05, 0.1) is 18.5 Å². The van der Waals surface area contributed by atoms with Crippen molar-refractivity contribution >= 4 is 17.3 Å². The molecular weight excluding hydrogens is 271 g/mol. The van der Waals surface area contributed by atoms with Gasteiger partial charge in [0.25, 0.3) is 5.91 Å². The van der Waals surface area contributed by atoms with Crippen LogP contribution in [0.15, 0.2) is 42.5 Å². The van der Waals surface area contributed by atoms with E-state index < -0.39 is 5.82 Å². The number of nitrogens with zero attached hydrogens (tertiary/aromatic N) is 1. The van der Waals surface area contributed by atoms with Crippen LogP contribution >= 0.6 is 0 Å². The van der Waals surface area contributed by atoms with Crippen molar-refractivity contribution in [2.75, 3.05) is 24.3 Å². The zero-order valence-electron chi connectivity index (χ0n) is 12.0. The predicted molar refractivity (Wildman–Crippen MR) is 81.2 cm³/mol. The summed E-state index contributed by atoms with van der Waals surface area (Å²) in [5.74, 6) is -0.244. The molecule has 0 bridgehead atoms. The highest BCUT2D eigenvalue weighted by atomic mass is 19.1. The van der Waals surface area contributed by atoms with Crippen LogP contribution in [-0.4, -0.2) is 19.6 Å². The van der Waals surface area contributed by atoms with Crippen LogP contribution in [0.3, 0.4) is 0 Å². The second-order valence-corrected chi connectivity index (χ2v) is 4.46. The third kappa shape index (κ3) is 2.97. The molecule has 0 spiro atoms. The highest BCUT2D eigenvalue weighted by Gasteiger charge is 2.19. The molecule has 0 aliphatic rings. The summed E-state index contributed by atoms with van der Waals surface area (Å²) in [5.41, 5.74) is 6.82. The molecule has 2 aromatic carbocycles. The second-order valence-electron chi connectivity index (χ2n) is 4.46. The Morgan fingerprint density at radius 3 is 2.57 bits per heavy atom. The summed E-state index contributed by atoms with van der Waals surface area (Å²) in [5, 5.41) is 0. The minimum atomic E-state index is -0.436. The lowest BCUT2D eigenvalue weighted by Crippen LogP contribution is -2.31. The Balaban J connectivity index is 2.37. The molecule has 0 saturated carbocycles. The summed E-state index contributed by atoms with van der Waals surface area (Å²) in [6.45, 7) is 2.14. The van der Waals surface area contributed by atoms with E-state index in [-0.39, 0.29) is 11.6 Å². The van der Waals surface area contributed by atoms with Gasteiger partial charge in [-0.15, -0.1) is 0 Å². The van der Waals surface area contributed by atoms with Gasteiger partial charge in [-0.25, -0.2) is 4.39 Å². The number of amides is 1. The molecule has 4 nitrogen and oxygen atoms in total. The van der Waals surface area contributed by atoms with Gasteiger partial charge in [0, 0.05) is 12.1 Å². The van der Waals surface area contributed by atoms with Crippen molar-refractivity contribution in [3.8, 4) is 5.75 Å². The normalized spacial score (nSPS) is 10.2. The van der Waals surface area contributed by atoms with Gasteiger partial charge >= 0.3 is 0 Å². The van der Waals surface area contributed by atoms with Crippen molar-refractivity contribution in [3.05, 3.63) is 53.8 Å². The Bertz CT molecular complexity index is 658. The molecule has 0 unspecified atom stereocenters. The van der Waals surface area contributed by atoms with E-state index in [0.29, 0.717) is 23.5 Å². The maximum Gasteiger partial charge on any atom is 0.258 e. The van der Waals surface area contributed by atoms with E-state index in [4.69, 9.17) is 10.5 Å². The summed E-state index contributed by atoms with van der Waals surface area (Å²) in [7, 11) is 1.50. The van der Waals surface area contributed by atoms with Gasteiger partial charge in [-0.3, -0.25) is 4.79 Å². The molecule has 2 aromatic rings. The number of anilines is 2. The van der Waals surface area contributed by atoms with E-state index in [9.17, 15) is 9.18 Å². The Morgan fingerprint density at radius 1 is 1.29 bits per heavy atom. The zero-order chi connectivity index (χ0) is 15.4. The molecule has 0 radical (unpaired) electrons. The fourth-order valence-corrected chi connectivity index (χ4v) is 2.12. The maximum absolute atomic E-state index is 13.9. The van der Waals surface area contributed by atoms with E-state index in [2.05, 4.69) is 0 Å². The van der Waals surface area contributed by atoms with E-state index in [1.807, 2.05) is 0 Å². The minimum absolute atomic E-state index is 0.249. The average Bonchev–Trinajstić information content (AvgIpc) is 2.49. The van der Waals surface area contributed by atoms with Gasteiger partial charge in [-0.05, 0) is 37.3 Å². The van der Waals surface area contributed by atoms with E-state index in [1.165, 1.54) is 24.1 Å². The lowest BCUT2D eigenvalue weighted by atomic mass is 10.1. The molecular formula is C16H17FN2O2. The van der Waals surface area contributed by atoms with Crippen LogP contribution in [0.1, 0.15) is 17.3 Å². The first kappa shape index (κ1) is 14.8. The van der Waals surface area contributed by atoms with Crippen LogP contribution in [0, 0.1) is 5.82 Å². The number of nitrogens with two attached hydrogens (primary N) is 1. The Labute approximate surface area is 122 Å². The molecule has 0 aliphatic heterocycles. The molecule has 110 valence electrons. The number of halogens is 1. The summed E-state index contributed by atoms with van der Waals surface area (Å²) in [4.78, 5) is 13.9. The fourth-order valence-electron chi connectivity index (χ4n) is 2.12. The topological polar surface area (TPSA) is 55.6 Å². The molecule has 0 aliphatic carbocycles. The average molecular weight is 288 g/mol. The van der Waals surface area contributed by atoms with Crippen molar-refractivity contribution in [3.63, 3.8) is 0 Å². The molecule has 0 heterocycles. The first-order valence-corrected chi connectivity index (χ1v) is 6.58. The first-order valence-electron chi connectivity index (χ1n) is 6.58. The number of ether oxygens (including phenoxy) is 1. The minimum Gasteiger partial charge on any atom is -0.495 e. The van der Waals surface area contributed by atoms with Crippen LogP contribution in [-0.2, 0) is 0 Å². The molecule has 0 aromatic heterocycles. The largest absolute Gasteiger partial charge is 0.495 e. The third-order valence-electron chi connectivity index (χ3n) is 3.18. The summed E-state index contributed by atoms with van der Waals surface area (Å²) in [6, 6.07) is 10.9. The van der Waals surface area contributed by atoms with Gasteiger partial charge in [-0.1, -0.05) is 12.1 Å². The lowest BCUT2D eigenvalue weighted by molar-refractivity contribution is 0.0987. The van der Waals surface area contributed by atoms with Gasteiger partial charge in [0.2, 0.25) is 0 Å². The summed E-state index contributed by atoms with van der Waals surface area (Å²) >= 11 is 0. The quantitative estimate of drug-likeness (QED) is 0.880.